The zero-order chi connectivity index (χ0) is 14.8. The van der Waals surface area contributed by atoms with Gasteiger partial charge in [0.2, 0.25) is 0 Å². The van der Waals surface area contributed by atoms with E-state index in [9.17, 15) is 0 Å². The van der Waals surface area contributed by atoms with E-state index in [-0.39, 0.29) is 12.1 Å². The lowest BCUT2D eigenvalue weighted by Crippen LogP contribution is -2.31. The van der Waals surface area contributed by atoms with Crippen LogP contribution >= 0.6 is 0 Å². The maximum Gasteiger partial charge on any atom is 0.126 e. The van der Waals surface area contributed by atoms with E-state index in [0.717, 1.165) is 25.0 Å². The first-order valence-electron chi connectivity index (χ1n) is 7.13. The maximum atomic E-state index is 6.04. The highest BCUT2D eigenvalue weighted by atomic mass is 16.5. The van der Waals surface area contributed by atoms with E-state index < -0.39 is 0 Å². The van der Waals surface area contributed by atoms with Gasteiger partial charge in [0.15, 0.2) is 0 Å². The van der Waals surface area contributed by atoms with Crippen LogP contribution in [0.25, 0.3) is 0 Å². The lowest BCUT2D eigenvalue weighted by atomic mass is 9.92. The lowest BCUT2D eigenvalue weighted by Gasteiger charge is -2.29. The van der Waals surface area contributed by atoms with Gasteiger partial charge in [0.1, 0.15) is 5.82 Å². The monoisotopic (exact) mass is 287 g/mol. The topological polar surface area (TPSA) is 91.1 Å². The summed E-state index contributed by atoms with van der Waals surface area (Å²) in [5.74, 6) is 6.35. The van der Waals surface area contributed by atoms with Crippen molar-refractivity contribution in [1.82, 2.24) is 15.2 Å². The third-order valence-corrected chi connectivity index (χ3v) is 4.13. The standard InChI is InChI=1S/C15H21N5O/c1-20-15(16)12(9-18-20)13(19-17)8-14-11-5-3-2-4-10(11)6-7-21-14/h2-5,9,13-14,19H,6-8,16-17H2,1H3. The molecular formula is C15H21N5O. The van der Waals surface area contributed by atoms with Crippen molar-refractivity contribution in [2.45, 2.75) is 25.0 Å². The minimum atomic E-state index is -0.0881. The molecule has 0 saturated heterocycles. The fourth-order valence-electron chi connectivity index (χ4n) is 2.90. The average Bonchev–Trinajstić information content (AvgIpc) is 2.85. The Labute approximate surface area is 124 Å². The van der Waals surface area contributed by atoms with Crippen molar-refractivity contribution in [3.63, 3.8) is 0 Å². The highest BCUT2D eigenvalue weighted by Gasteiger charge is 2.26. The largest absolute Gasteiger partial charge is 0.384 e. The van der Waals surface area contributed by atoms with Crippen molar-refractivity contribution < 1.29 is 4.74 Å². The number of nitrogens with one attached hydrogen (secondary N) is 1. The molecule has 112 valence electrons. The van der Waals surface area contributed by atoms with E-state index in [4.69, 9.17) is 16.3 Å². The highest BCUT2D eigenvalue weighted by Crippen LogP contribution is 2.35. The number of benzene rings is 1. The van der Waals surface area contributed by atoms with Gasteiger partial charge in [-0.3, -0.25) is 16.0 Å². The van der Waals surface area contributed by atoms with Crippen LogP contribution in [0.3, 0.4) is 0 Å². The predicted octanol–water partition coefficient (Wildman–Crippen LogP) is 1.21. The van der Waals surface area contributed by atoms with Crippen molar-refractivity contribution in [1.29, 1.82) is 0 Å². The van der Waals surface area contributed by atoms with Gasteiger partial charge in [0, 0.05) is 12.6 Å². The van der Waals surface area contributed by atoms with Gasteiger partial charge in [-0.1, -0.05) is 24.3 Å². The van der Waals surface area contributed by atoms with Gasteiger partial charge in [0.05, 0.1) is 24.9 Å². The molecule has 0 aliphatic carbocycles. The molecule has 2 aromatic rings. The van der Waals surface area contributed by atoms with Crippen molar-refractivity contribution in [3.8, 4) is 0 Å². The molecule has 1 aromatic carbocycles. The second-order valence-corrected chi connectivity index (χ2v) is 5.37. The van der Waals surface area contributed by atoms with Crippen LogP contribution in [0.5, 0.6) is 0 Å². The normalized spacial score (nSPS) is 19.2. The molecule has 2 heterocycles. The van der Waals surface area contributed by atoms with Crippen LogP contribution in [0.15, 0.2) is 30.5 Å². The van der Waals surface area contributed by atoms with Crippen LogP contribution in [-0.2, 0) is 18.2 Å². The molecular weight excluding hydrogens is 266 g/mol. The Hall–Kier alpha value is -1.89. The molecule has 0 radical (unpaired) electrons. The van der Waals surface area contributed by atoms with E-state index in [1.165, 1.54) is 11.1 Å². The summed E-state index contributed by atoms with van der Waals surface area (Å²) in [7, 11) is 1.82. The van der Waals surface area contributed by atoms with Crippen LogP contribution in [-0.4, -0.2) is 16.4 Å². The summed E-state index contributed by atoms with van der Waals surface area (Å²) < 4.78 is 7.59. The molecule has 6 heteroatoms. The molecule has 6 nitrogen and oxygen atoms in total. The summed E-state index contributed by atoms with van der Waals surface area (Å²) in [4.78, 5) is 0. The van der Waals surface area contributed by atoms with Gasteiger partial charge in [0.25, 0.3) is 0 Å². The van der Waals surface area contributed by atoms with Gasteiger partial charge < -0.3 is 10.5 Å². The summed E-state index contributed by atoms with van der Waals surface area (Å²) in [5.41, 5.74) is 12.4. The predicted molar refractivity (Wildman–Crippen MR) is 81.1 cm³/mol. The first-order chi connectivity index (χ1) is 10.2. The Morgan fingerprint density at radius 1 is 1.48 bits per heavy atom. The number of fused-ring (bicyclic) bond motifs is 1. The molecule has 0 fully saturated rings. The van der Waals surface area contributed by atoms with E-state index in [1.54, 1.807) is 10.9 Å². The van der Waals surface area contributed by atoms with Gasteiger partial charge >= 0.3 is 0 Å². The van der Waals surface area contributed by atoms with E-state index in [1.807, 2.05) is 13.1 Å². The van der Waals surface area contributed by atoms with E-state index in [2.05, 4.69) is 28.7 Å². The number of nitrogens with zero attached hydrogens (tertiary/aromatic N) is 2. The Kier molecular flexibility index (Phi) is 3.92. The Morgan fingerprint density at radius 3 is 3.00 bits per heavy atom. The van der Waals surface area contributed by atoms with Crippen LogP contribution in [0.4, 0.5) is 5.82 Å². The third kappa shape index (κ3) is 2.65. The van der Waals surface area contributed by atoms with Crippen molar-refractivity contribution in [2.24, 2.45) is 12.9 Å². The van der Waals surface area contributed by atoms with Crippen molar-refractivity contribution >= 4 is 5.82 Å². The van der Waals surface area contributed by atoms with Crippen molar-refractivity contribution in [2.75, 3.05) is 12.3 Å². The first kappa shape index (κ1) is 14.1. The summed E-state index contributed by atoms with van der Waals surface area (Å²) in [6.07, 6.45) is 3.47. The van der Waals surface area contributed by atoms with Crippen LogP contribution in [0, 0.1) is 0 Å². The zero-order valence-corrected chi connectivity index (χ0v) is 12.1. The number of aromatic nitrogens is 2. The Balaban J connectivity index is 1.84. The van der Waals surface area contributed by atoms with Gasteiger partial charge in [-0.15, -0.1) is 0 Å². The Bertz CT molecular complexity index is 624. The summed E-state index contributed by atoms with van der Waals surface area (Å²) in [6, 6.07) is 8.31. The fourth-order valence-corrected chi connectivity index (χ4v) is 2.90. The quantitative estimate of drug-likeness (QED) is 0.581. The minimum Gasteiger partial charge on any atom is -0.384 e. The molecule has 3 rings (SSSR count). The fraction of sp³-hybridized carbons (Fsp3) is 0.400. The van der Waals surface area contributed by atoms with Crippen molar-refractivity contribution in [3.05, 3.63) is 47.2 Å². The number of ether oxygens (including phenoxy) is 1. The summed E-state index contributed by atoms with van der Waals surface area (Å²) in [5, 5.41) is 4.18. The van der Waals surface area contributed by atoms with E-state index >= 15 is 0 Å². The molecule has 2 unspecified atom stereocenters. The van der Waals surface area contributed by atoms with E-state index in [0.29, 0.717) is 5.82 Å². The number of aryl methyl sites for hydroxylation is 1. The lowest BCUT2D eigenvalue weighted by molar-refractivity contribution is 0.0293. The number of rotatable bonds is 4. The number of nitrogen functional groups attached to an aromatic ring is 1. The molecule has 0 spiro atoms. The minimum absolute atomic E-state index is 0.0237. The molecule has 1 aliphatic rings. The second-order valence-electron chi connectivity index (χ2n) is 5.37. The molecule has 0 saturated carbocycles. The number of hydrogen-bond donors (Lipinski definition) is 3. The SMILES string of the molecule is Cn1ncc(C(CC2OCCc3ccccc32)NN)c1N. The maximum absolute atomic E-state index is 6.04. The number of anilines is 1. The third-order valence-electron chi connectivity index (χ3n) is 4.13. The smallest absolute Gasteiger partial charge is 0.126 e. The van der Waals surface area contributed by atoms with Gasteiger partial charge in [-0.2, -0.15) is 5.10 Å². The molecule has 21 heavy (non-hydrogen) atoms. The summed E-state index contributed by atoms with van der Waals surface area (Å²) in [6.45, 7) is 0.738. The molecule has 2 atom stereocenters. The number of hydrogen-bond acceptors (Lipinski definition) is 5. The molecule has 0 bridgehead atoms. The zero-order valence-electron chi connectivity index (χ0n) is 12.1. The molecule has 5 N–H and O–H groups in total. The molecule has 0 amide bonds. The number of hydrazine groups is 1. The first-order valence-corrected chi connectivity index (χ1v) is 7.13. The average molecular weight is 287 g/mol. The Morgan fingerprint density at radius 2 is 2.29 bits per heavy atom. The highest BCUT2D eigenvalue weighted by molar-refractivity contribution is 5.41. The van der Waals surface area contributed by atoms with Gasteiger partial charge in [-0.25, -0.2) is 0 Å². The number of nitrogens with two attached hydrogens (primary N) is 2. The van der Waals surface area contributed by atoms with Crippen LogP contribution in [0.1, 0.15) is 35.3 Å². The van der Waals surface area contributed by atoms with Gasteiger partial charge in [-0.05, 0) is 24.0 Å². The van der Waals surface area contributed by atoms with Crippen LogP contribution < -0.4 is 17.0 Å². The second kappa shape index (κ2) is 5.85. The molecule has 1 aromatic heterocycles. The molecule has 1 aliphatic heterocycles. The van der Waals surface area contributed by atoms with Crippen LogP contribution in [0.2, 0.25) is 0 Å². The summed E-state index contributed by atoms with van der Waals surface area (Å²) >= 11 is 0.